The Hall–Kier alpha value is -1.99. The molecule has 3 N–H and O–H groups in total. The van der Waals surface area contributed by atoms with Crippen LogP contribution in [0.25, 0.3) is 5.70 Å². The van der Waals surface area contributed by atoms with Gasteiger partial charge in [-0.1, -0.05) is 37.7 Å². The van der Waals surface area contributed by atoms with E-state index in [1.54, 1.807) is 7.11 Å². The van der Waals surface area contributed by atoms with Crippen LogP contribution in [-0.2, 0) is 0 Å². The lowest BCUT2D eigenvalue weighted by Gasteiger charge is -2.22. The Kier molecular flexibility index (Phi) is 4.08. The number of nitrogens with two attached hydrogens (primary N) is 1. The van der Waals surface area contributed by atoms with Crippen LogP contribution in [0.3, 0.4) is 0 Å². The molecule has 1 aromatic carbocycles. The maximum Gasteiger partial charge on any atom is 0.214 e. The first-order chi connectivity index (χ1) is 10.6. The van der Waals surface area contributed by atoms with Crippen molar-refractivity contribution >= 4 is 17.5 Å². The standard InChI is InChI=1S/C15H19N5OS/c1-9(2)13(16)14-17-18-15-20(14)19-12(8-22-15)10-5-4-6-11(7-10)21-3/h4-9,13,19H,16H2,1-3H3/t13-/m0/s1. The quantitative estimate of drug-likeness (QED) is 0.902. The van der Waals surface area contributed by atoms with Crippen molar-refractivity contribution in [2.75, 3.05) is 12.5 Å². The van der Waals surface area contributed by atoms with Gasteiger partial charge < -0.3 is 10.5 Å². The van der Waals surface area contributed by atoms with Gasteiger partial charge in [0.05, 0.1) is 18.8 Å². The molecule has 1 aromatic heterocycles. The Labute approximate surface area is 133 Å². The van der Waals surface area contributed by atoms with Crippen molar-refractivity contribution in [2.24, 2.45) is 11.7 Å². The molecule has 0 radical (unpaired) electrons. The first-order valence-corrected chi connectivity index (χ1v) is 7.97. The van der Waals surface area contributed by atoms with Crippen molar-refractivity contribution in [1.29, 1.82) is 0 Å². The Morgan fingerprint density at radius 3 is 2.86 bits per heavy atom. The third-order valence-electron chi connectivity index (χ3n) is 3.57. The predicted octanol–water partition coefficient (Wildman–Crippen LogP) is 2.59. The van der Waals surface area contributed by atoms with Crippen LogP contribution in [0.5, 0.6) is 5.75 Å². The molecule has 3 rings (SSSR count). The van der Waals surface area contributed by atoms with E-state index >= 15 is 0 Å². The maximum atomic E-state index is 6.22. The number of nitrogens with one attached hydrogen (secondary N) is 1. The van der Waals surface area contributed by atoms with Crippen molar-refractivity contribution in [3.63, 3.8) is 0 Å². The monoisotopic (exact) mass is 317 g/mol. The maximum absolute atomic E-state index is 6.22. The summed E-state index contributed by atoms with van der Waals surface area (Å²) >= 11 is 1.52. The fraction of sp³-hybridized carbons (Fsp3) is 0.333. The molecule has 0 unspecified atom stereocenters. The number of ether oxygens (including phenoxy) is 1. The van der Waals surface area contributed by atoms with E-state index in [9.17, 15) is 0 Å². The number of rotatable bonds is 4. The molecule has 0 saturated heterocycles. The second-order valence-electron chi connectivity index (χ2n) is 5.44. The van der Waals surface area contributed by atoms with Crippen molar-refractivity contribution < 1.29 is 4.74 Å². The summed E-state index contributed by atoms with van der Waals surface area (Å²) < 4.78 is 7.15. The lowest BCUT2D eigenvalue weighted by molar-refractivity contribution is 0.414. The second-order valence-corrected chi connectivity index (χ2v) is 6.28. The highest BCUT2D eigenvalue weighted by molar-refractivity contribution is 8.02. The topological polar surface area (TPSA) is 78.0 Å². The zero-order valence-electron chi connectivity index (χ0n) is 12.8. The van der Waals surface area contributed by atoms with Gasteiger partial charge in [0.25, 0.3) is 0 Å². The second kappa shape index (κ2) is 6.02. The van der Waals surface area contributed by atoms with E-state index in [1.807, 2.05) is 34.3 Å². The van der Waals surface area contributed by atoms with Crippen molar-refractivity contribution in [2.45, 2.75) is 25.0 Å². The third-order valence-corrected chi connectivity index (χ3v) is 4.40. The van der Waals surface area contributed by atoms with Gasteiger partial charge in [-0.25, -0.2) is 4.68 Å². The molecular formula is C15H19N5OS. The molecular weight excluding hydrogens is 298 g/mol. The predicted molar refractivity (Wildman–Crippen MR) is 88.0 cm³/mol. The number of nitrogens with zero attached hydrogens (tertiary/aromatic N) is 3. The van der Waals surface area contributed by atoms with Crippen LogP contribution < -0.4 is 15.9 Å². The molecule has 1 atom stereocenters. The summed E-state index contributed by atoms with van der Waals surface area (Å²) in [5, 5.41) is 11.2. The summed E-state index contributed by atoms with van der Waals surface area (Å²) in [4.78, 5) is 0. The van der Waals surface area contributed by atoms with E-state index < -0.39 is 0 Å². The van der Waals surface area contributed by atoms with E-state index in [0.717, 1.165) is 28.0 Å². The normalized spacial score (nSPS) is 15.0. The summed E-state index contributed by atoms with van der Waals surface area (Å²) in [6, 6.07) is 7.73. The van der Waals surface area contributed by atoms with Crippen LogP contribution in [0, 0.1) is 5.92 Å². The fourth-order valence-corrected chi connectivity index (χ4v) is 2.90. The highest BCUT2D eigenvalue weighted by Gasteiger charge is 2.24. The zero-order chi connectivity index (χ0) is 15.7. The Morgan fingerprint density at radius 2 is 2.14 bits per heavy atom. The van der Waals surface area contributed by atoms with Crippen LogP contribution in [0.2, 0.25) is 0 Å². The average molecular weight is 317 g/mol. The SMILES string of the molecule is COc1cccc(C2=CSc3nnc([C@@H](N)C(C)C)n3N2)c1. The van der Waals surface area contributed by atoms with Gasteiger partial charge in [0.2, 0.25) is 5.16 Å². The molecule has 116 valence electrons. The molecule has 0 amide bonds. The summed E-state index contributed by atoms with van der Waals surface area (Å²) in [5.74, 6) is 1.84. The first-order valence-electron chi connectivity index (χ1n) is 7.09. The van der Waals surface area contributed by atoms with Crippen molar-refractivity contribution in [1.82, 2.24) is 14.9 Å². The fourth-order valence-electron chi connectivity index (χ4n) is 2.16. The number of methoxy groups -OCH3 is 1. The molecule has 1 aliphatic rings. The Morgan fingerprint density at radius 1 is 1.32 bits per heavy atom. The smallest absolute Gasteiger partial charge is 0.214 e. The van der Waals surface area contributed by atoms with Gasteiger partial charge in [0.1, 0.15) is 5.75 Å². The van der Waals surface area contributed by atoms with E-state index in [0.29, 0.717) is 0 Å². The molecule has 0 bridgehead atoms. The van der Waals surface area contributed by atoms with E-state index in [1.165, 1.54) is 11.8 Å². The minimum absolute atomic E-state index is 0.168. The van der Waals surface area contributed by atoms with Crippen LogP contribution >= 0.6 is 11.8 Å². The largest absolute Gasteiger partial charge is 0.497 e. The molecule has 0 aliphatic carbocycles. The molecule has 0 fully saturated rings. The van der Waals surface area contributed by atoms with Crippen LogP contribution in [0.1, 0.15) is 31.3 Å². The zero-order valence-corrected chi connectivity index (χ0v) is 13.6. The number of hydrogen-bond acceptors (Lipinski definition) is 6. The van der Waals surface area contributed by atoms with Crippen molar-refractivity contribution in [3.8, 4) is 5.75 Å². The van der Waals surface area contributed by atoms with Gasteiger partial charge in [0.15, 0.2) is 5.82 Å². The average Bonchev–Trinajstić information content (AvgIpc) is 2.97. The van der Waals surface area contributed by atoms with Gasteiger partial charge in [-0.15, -0.1) is 10.2 Å². The number of hydrogen-bond donors (Lipinski definition) is 2. The van der Waals surface area contributed by atoms with Crippen LogP contribution in [0.4, 0.5) is 0 Å². The highest BCUT2D eigenvalue weighted by Crippen LogP contribution is 2.31. The lowest BCUT2D eigenvalue weighted by Crippen LogP contribution is -2.27. The lowest BCUT2D eigenvalue weighted by atomic mass is 10.1. The summed E-state index contributed by atoms with van der Waals surface area (Å²) in [7, 11) is 1.66. The van der Waals surface area contributed by atoms with E-state index in [2.05, 4.69) is 29.5 Å². The number of fused-ring (bicyclic) bond motifs is 1. The van der Waals surface area contributed by atoms with Crippen LogP contribution in [0.15, 0.2) is 34.8 Å². The minimum Gasteiger partial charge on any atom is -0.497 e. The molecule has 2 heterocycles. The van der Waals surface area contributed by atoms with Gasteiger partial charge >= 0.3 is 0 Å². The number of aromatic nitrogens is 3. The number of thioether (sulfide) groups is 1. The van der Waals surface area contributed by atoms with Gasteiger partial charge in [-0.3, -0.25) is 5.43 Å². The van der Waals surface area contributed by atoms with Crippen molar-refractivity contribution in [3.05, 3.63) is 41.1 Å². The molecule has 0 spiro atoms. The van der Waals surface area contributed by atoms with Gasteiger partial charge in [-0.2, -0.15) is 0 Å². The van der Waals surface area contributed by atoms with Gasteiger partial charge in [-0.05, 0) is 18.1 Å². The molecule has 6 nitrogen and oxygen atoms in total. The first kappa shape index (κ1) is 14.9. The summed E-state index contributed by atoms with van der Waals surface area (Å²) in [6.45, 7) is 4.14. The Bertz CT molecular complexity index is 710. The highest BCUT2D eigenvalue weighted by atomic mass is 32.2. The van der Waals surface area contributed by atoms with Crippen LogP contribution in [-0.4, -0.2) is 22.0 Å². The third kappa shape index (κ3) is 2.69. The molecule has 7 heteroatoms. The molecule has 1 aliphatic heterocycles. The minimum atomic E-state index is -0.168. The molecule has 0 saturated carbocycles. The Balaban J connectivity index is 1.91. The van der Waals surface area contributed by atoms with Gasteiger partial charge in [0, 0.05) is 11.0 Å². The summed E-state index contributed by atoms with van der Waals surface area (Å²) in [5.41, 5.74) is 11.6. The van der Waals surface area contributed by atoms with E-state index in [-0.39, 0.29) is 12.0 Å². The molecule has 22 heavy (non-hydrogen) atoms. The van der Waals surface area contributed by atoms with E-state index in [4.69, 9.17) is 10.5 Å². The molecule has 2 aromatic rings. The number of benzene rings is 1. The summed E-state index contributed by atoms with van der Waals surface area (Å²) in [6.07, 6.45) is 0.